The molecule has 0 saturated carbocycles. The van der Waals surface area contributed by atoms with E-state index in [-0.39, 0.29) is 18.1 Å². The Hall–Kier alpha value is -0.910. The molecule has 0 aromatic carbocycles. The summed E-state index contributed by atoms with van der Waals surface area (Å²) in [7, 11) is -1.41. The van der Waals surface area contributed by atoms with Crippen LogP contribution in [0.25, 0.3) is 0 Å². The summed E-state index contributed by atoms with van der Waals surface area (Å²) in [5.74, 6) is -1.42. The van der Waals surface area contributed by atoms with Crippen LogP contribution in [0, 0.1) is 0 Å². The van der Waals surface area contributed by atoms with Crippen LogP contribution in [0.4, 0.5) is 0 Å². The maximum atomic E-state index is 11.4. The van der Waals surface area contributed by atoms with E-state index >= 15 is 0 Å². The predicted octanol–water partition coefficient (Wildman–Crippen LogP) is -0.266. The monoisotopic (exact) mass is 221 g/mol. The molecule has 6 heteroatoms. The summed E-state index contributed by atoms with van der Waals surface area (Å²) < 4.78 is 11.4. The topological polar surface area (TPSA) is 83.5 Å². The molecular weight excluding hydrogens is 206 g/mol. The number of amides is 1. The number of nitrogens with one attached hydrogen (secondary N) is 1. The summed E-state index contributed by atoms with van der Waals surface area (Å²) in [5.41, 5.74) is 0. The second-order valence-corrected chi connectivity index (χ2v) is 4.74. The number of rotatable bonds is 6. The lowest BCUT2D eigenvalue weighted by atomic mass is 10.3. The Morgan fingerprint density at radius 3 is 2.50 bits per heavy atom. The maximum Gasteiger partial charge on any atom is 0.304 e. The molecule has 82 valence electrons. The van der Waals surface area contributed by atoms with Crippen LogP contribution in [-0.4, -0.2) is 38.7 Å². The molecule has 0 radical (unpaired) electrons. The highest BCUT2D eigenvalue weighted by atomic mass is 32.2. The smallest absolute Gasteiger partial charge is 0.304 e. The largest absolute Gasteiger partial charge is 0.481 e. The number of hydrogen-bond acceptors (Lipinski definition) is 3. The van der Waals surface area contributed by atoms with Crippen molar-refractivity contribution in [1.29, 1.82) is 0 Å². The Morgan fingerprint density at radius 1 is 1.50 bits per heavy atom. The Bertz CT molecular complexity index is 241. The Balaban J connectivity index is 3.95. The zero-order chi connectivity index (χ0) is 11.1. The van der Waals surface area contributed by atoms with Gasteiger partial charge in [-0.3, -0.25) is 13.8 Å². The molecule has 2 unspecified atom stereocenters. The molecule has 0 heterocycles. The maximum absolute atomic E-state index is 11.4. The molecule has 0 bridgehead atoms. The standard InChI is InChI=1S/C8H15NO4S/c1-3-9-7(10)5-14(13)6(2)4-8(11)12/h6H,3-5H2,1-2H3,(H,9,10)(H,11,12). The van der Waals surface area contributed by atoms with Crippen molar-refractivity contribution in [1.82, 2.24) is 5.32 Å². The first-order valence-corrected chi connectivity index (χ1v) is 5.71. The first kappa shape index (κ1) is 13.1. The van der Waals surface area contributed by atoms with Crippen molar-refractivity contribution in [2.24, 2.45) is 0 Å². The van der Waals surface area contributed by atoms with Crippen molar-refractivity contribution in [2.45, 2.75) is 25.5 Å². The van der Waals surface area contributed by atoms with Gasteiger partial charge >= 0.3 is 5.97 Å². The number of aliphatic carboxylic acids is 1. The SMILES string of the molecule is CCNC(=O)CS(=O)C(C)CC(=O)O. The Labute approximate surface area is 85.3 Å². The van der Waals surface area contributed by atoms with Crippen LogP contribution in [-0.2, 0) is 20.4 Å². The van der Waals surface area contributed by atoms with Gasteiger partial charge in [0.2, 0.25) is 5.91 Å². The minimum Gasteiger partial charge on any atom is -0.481 e. The van der Waals surface area contributed by atoms with E-state index in [1.165, 1.54) is 0 Å². The number of carbonyl (C=O) groups excluding carboxylic acids is 1. The van der Waals surface area contributed by atoms with Crippen molar-refractivity contribution in [3.05, 3.63) is 0 Å². The average molecular weight is 221 g/mol. The zero-order valence-corrected chi connectivity index (χ0v) is 9.10. The minimum atomic E-state index is -1.41. The van der Waals surface area contributed by atoms with Gasteiger partial charge in [-0.05, 0) is 6.92 Å². The molecule has 2 atom stereocenters. The summed E-state index contributed by atoms with van der Waals surface area (Å²) in [6, 6.07) is 0. The highest BCUT2D eigenvalue weighted by Crippen LogP contribution is 2.01. The first-order valence-electron chi connectivity index (χ1n) is 4.33. The van der Waals surface area contributed by atoms with Crippen LogP contribution in [0.5, 0.6) is 0 Å². The number of carbonyl (C=O) groups is 2. The van der Waals surface area contributed by atoms with E-state index < -0.39 is 22.0 Å². The fraction of sp³-hybridized carbons (Fsp3) is 0.750. The first-order chi connectivity index (χ1) is 6.47. The van der Waals surface area contributed by atoms with Gasteiger partial charge in [0, 0.05) is 22.6 Å². The predicted molar refractivity (Wildman–Crippen MR) is 53.4 cm³/mol. The third-order valence-corrected chi connectivity index (χ3v) is 3.17. The Morgan fingerprint density at radius 2 is 2.07 bits per heavy atom. The zero-order valence-electron chi connectivity index (χ0n) is 8.28. The lowest BCUT2D eigenvalue weighted by Crippen LogP contribution is -2.31. The lowest BCUT2D eigenvalue weighted by Gasteiger charge is -2.08. The summed E-state index contributed by atoms with van der Waals surface area (Å²) in [5, 5.41) is 10.4. The van der Waals surface area contributed by atoms with Crippen LogP contribution < -0.4 is 5.32 Å². The molecule has 0 fully saturated rings. The summed E-state index contributed by atoms with van der Waals surface area (Å²) >= 11 is 0. The Kier molecular flexibility index (Phi) is 6.11. The van der Waals surface area contributed by atoms with Crippen molar-refractivity contribution in [2.75, 3.05) is 12.3 Å². The van der Waals surface area contributed by atoms with Crippen molar-refractivity contribution >= 4 is 22.7 Å². The van der Waals surface area contributed by atoms with Crippen LogP contribution in [0.2, 0.25) is 0 Å². The van der Waals surface area contributed by atoms with E-state index in [2.05, 4.69) is 5.32 Å². The van der Waals surface area contributed by atoms with Gasteiger partial charge in [0.15, 0.2) is 0 Å². The molecule has 0 aliphatic carbocycles. The molecular formula is C8H15NO4S. The molecule has 14 heavy (non-hydrogen) atoms. The fourth-order valence-electron chi connectivity index (χ4n) is 0.859. The van der Waals surface area contributed by atoms with Crippen LogP contribution in [0.1, 0.15) is 20.3 Å². The molecule has 0 rings (SSSR count). The van der Waals surface area contributed by atoms with Crippen LogP contribution in [0.3, 0.4) is 0 Å². The van der Waals surface area contributed by atoms with E-state index in [0.29, 0.717) is 6.54 Å². The molecule has 0 aliphatic rings. The van der Waals surface area contributed by atoms with E-state index in [9.17, 15) is 13.8 Å². The molecule has 0 aromatic heterocycles. The average Bonchev–Trinajstić information content (AvgIpc) is 2.02. The third kappa shape index (κ3) is 5.69. The summed E-state index contributed by atoms with van der Waals surface area (Å²) in [6.45, 7) is 3.81. The van der Waals surface area contributed by atoms with Gasteiger partial charge in [0.25, 0.3) is 0 Å². The van der Waals surface area contributed by atoms with E-state index in [4.69, 9.17) is 5.11 Å². The van der Waals surface area contributed by atoms with Crippen LogP contribution in [0.15, 0.2) is 0 Å². The van der Waals surface area contributed by atoms with Gasteiger partial charge in [0.1, 0.15) is 5.75 Å². The van der Waals surface area contributed by atoms with Gasteiger partial charge in [0.05, 0.1) is 6.42 Å². The third-order valence-electron chi connectivity index (χ3n) is 1.56. The van der Waals surface area contributed by atoms with Crippen molar-refractivity contribution < 1.29 is 18.9 Å². The highest BCUT2D eigenvalue weighted by molar-refractivity contribution is 7.86. The lowest BCUT2D eigenvalue weighted by molar-refractivity contribution is -0.137. The molecule has 0 spiro atoms. The van der Waals surface area contributed by atoms with Crippen LogP contribution >= 0.6 is 0 Å². The van der Waals surface area contributed by atoms with E-state index in [0.717, 1.165) is 0 Å². The molecule has 5 nitrogen and oxygen atoms in total. The van der Waals surface area contributed by atoms with E-state index in [1.807, 2.05) is 0 Å². The summed E-state index contributed by atoms with van der Waals surface area (Å²) in [6.07, 6.45) is -0.175. The van der Waals surface area contributed by atoms with E-state index in [1.54, 1.807) is 13.8 Å². The number of carboxylic acid groups (broad SMARTS) is 1. The van der Waals surface area contributed by atoms with Crippen molar-refractivity contribution in [3.8, 4) is 0 Å². The highest BCUT2D eigenvalue weighted by Gasteiger charge is 2.17. The summed E-state index contributed by atoms with van der Waals surface area (Å²) in [4.78, 5) is 21.3. The van der Waals surface area contributed by atoms with Gasteiger partial charge in [-0.15, -0.1) is 0 Å². The number of hydrogen-bond donors (Lipinski definition) is 2. The van der Waals surface area contributed by atoms with Gasteiger partial charge in [-0.2, -0.15) is 0 Å². The second kappa shape index (κ2) is 6.53. The molecule has 0 aromatic rings. The fourth-order valence-corrected chi connectivity index (χ4v) is 1.83. The van der Waals surface area contributed by atoms with Gasteiger partial charge in [-0.25, -0.2) is 0 Å². The normalized spacial score (nSPS) is 14.4. The molecule has 0 saturated heterocycles. The van der Waals surface area contributed by atoms with Gasteiger partial charge in [-0.1, -0.05) is 6.92 Å². The molecule has 1 amide bonds. The number of carboxylic acids is 1. The quantitative estimate of drug-likeness (QED) is 0.647. The van der Waals surface area contributed by atoms with Crippen molar-refractivity contribution in [3.63, 3.8) is 0 Å². The molecule has 2 N–H and O–H groups in total. The minimum absolute atomic E-state index is 0.123. The van der Waals surface area contributed by atoms with Gasteiger partial charge < -0.3 is 10.4 Å². The molecule has 0 aliphatic heterocycles. The second-order valence-electron chi connectivity index (χ2n) is 2.89.